The van der Waals surface area contributed by atoms with Gasteiger partial charge in [0.15, 0.2) is 5.96 Å². The number of aliphatic hydroxyl groups is 1. The summed E-state index contributed by atoms with van der Waals surface area (Å²) < 4.78 is 0. The van der Waals surface area contributed by atoms with Gasteiger partial charge in [-0.1, -0.05) is 31.2 Å². The first kappa shape index (κ1) is 15.8. The fourth-order valence-corrected chi connectivity index (χ4v) is 2.70. The number of fused-ring (bicyclic) bond motifs is 1. The lowest BCUT2D eigenvalue weighted by atomic mass is 9.96. The molecule has 0 saturated heterocycles. The molecule has 0 aliphatic heterocycles. The van der Waals surface area contributed by atoms with Crippen LogP contribution in [0.5, 0.6) is 0 Å². The minimum absolute atomic E-state index is 0.369. The lowest BCUT2D eigenvalue weighted by Crippen LogP contribution is -2.43. The second-order valence-electron chi connectivity index (χ2n) is 5.84. The summed E-state index contributed by atoms with van der Waals surface area (Å²) in [5, 5.41) is 17.5. The monoisotopic (exact) mass is 289 g/mol. The first-order chi connectivity index (χ1) is 10.1. The van der Waals surface area contributed by atoms with E-state index >= 15 is 0 Å². The van der Waals surface area contributed by atoms with E-state index in [1.807, 2.05) is 25.1 Å². The fourth-order valence-electron chi connectivity index (χ4n) is 2.70. The van der Waals surface area contributed by atoms with E-state index < -0.39 is 5.60 Å². The maximum atomic E-state index is 10.9. The zero-order chi connectivity index (χ0) is 15.3. The number of aliphatic imine (C=N–C) groups is 1. The molecule has 2 rings (SSSR count). The summed E-state index contributed by atoms with van der Waals surface area (Å²) in [6, 6.07) is 8.50. The maximum Gasteiger partial charge on any atom is 0.191 e. The minimum Gasteiger partial charge on any atom is -0.383 e. The molecule has 0 spiro atoms. The highest BCUT2D eigenvalue weighted by Gasteiger charge is 2.36. The van der Waals surface area contributed by atoms with Crippen molar-refractivity contribution in [3.63, 3.8) is 0 Å². The van der Waals surface area contributed by atoms with Crippen LogP contribution in [0, 0.1) is 0 Å². The second kappa shape index (κ2) is 6.94. The lowest BCUT2D eigenvalue weighted by molar-refractivity contribution is 0.0485. The molecule has 0 radical (unpaired) electrons. The average Bonchev–Trinajstić information content (AvgIpc) is 2.83. The molecule has 2 unspecified atom stereocenters. The first-order valence-corrected chi connectivity index (χ1v) is 7.94. The van der Waals surface area contributed by atoms with E-state index in [0.717, 1.165) is 37.3 Å². The van der Waals surface area contributed by atoms with Crippen molar-refractivity contribution in [2.24, 2.45) is 4.99 Å². The zero-order valence-electron chi connectivity index (χ0n) is 13.3. The molecule has 4 nitrogen and oxygen atoms in total. The molecule has 2 atom stereocenters. The number of nitrogens with zero attached hydrogens (tertiary/aromatic N) is 1. The summed E-state index contributed by atoms with van der Waals surface area (Å²) in [7, 11) is 0. The highest BCUT2D eigenvalue weighted by atomic mass is 16.3. The van der Waals surface area contributed by atoms with Crippen LogP contribution in [0.2, 0.25) is 0 Å². The normalized spacial score (nSPS) is 22.8. The average molecular weight is 289 g/mol. The summed E-state index contributed by atoms with van der Waals surface area (Å²) in [5.41, 5.74) is 1.46. The van der Waals surface area contributed by atoms with Gasteiger partial charge in [-0.2, -0.15) is 0 Å². The van der Waals surface area contributed by atoms with Crippen LogP contribution in [-0.4, -0.2) is 30.2 Å². The van der Waals surface area contributed by atoms with E-state index in [0.29, 0.717) is 12.6 Å². The van der Waals surface area contributed by atoms with Crippen LogP contribution in [0.1, 0.15) is 44.7 Å². The third kappa shape index (κ3) is 3.76. The van der Waals surface area contributed by atoms with Crippen molar-refractivity contribution in [2.45, 2.75) is 51.7 Å². The van der Waals surface area contributed by atoms with Gasteiger partial charge in [0.1, 0.15) is 5.60 Å². The summed E-state index contributed by atoms with van der Waals surface area (Å²) in [5.74, 6) is 0.782. The third-order valence-corrected chi connectivity index (χ3v) is 4.17. The quantitative estimate of drug-likeness (QED) is 0.575. The van der Waals surface area contributed by atoms with Crippen LogP contribution < -0.4 is 10.6 Å². The van der Waals surface area contributed by atoms with Crippen molar-refractivity contribution in [1.82, 2.24) is 10.6 Å². The van der Waals surface area contributed by atoms with E-state index in [1.54, 1.807) is 0 Å². The molecule has 1 aromatic carbocycles. The van der Waals surface area contributed by atoms with Crippen molar-refractivity contribution < 1.29 is 5.11 Å². The Morgan fingerprint density at radius 3 is 2.86 bits per heavy atom. The Kier molecular flexibility index (Phi) is 5.23. The van der Waals surface area contributed by atoms with E-state index in [4.69, 9.17) is 0 Å². The predicted octanol–water partition coefficient (Wildman–Crippen LogP) is 2.17. The SMILES string of the molecule is CCNC(=NCC1(O)CCc2ccccc21)NC(C)CC. The topological polar surface area (TPSA) is 56.7 Å². The van der Waals surface area contributed by atoms with Crippen molar-refractivity contribution >= 4 is 5.96 Å². The molecule has 1 aliphatic carbocycles. The van der Waals surface area contributed by atoms with Gasteiger partial charge in [-0.3, -0.25) is 0 Å². The molecular formula is C17H27N3O. The largest absolute Gasteiger partial charge is 0.383 e. The molecule has 0 saturated carbocycles. The highest BCUT2D eigenvalue weighted by molar-refractivity contribution is 5.80. The highest BCUT2D eigenvalue weighted by Crippen LogP contribution is 2.36. The van der Waals surface area contributed by atoms with E-state index in [-0.39, 0.29) is 0 Å². The van der Waals surface area contributed by atoms with Crippen molar-refractivity contribution in [1.29, 1.82) is 0 Å². The third-order valence-electron chi connectivity index (χ3n) is 4.17. The van der Waals surface area contributed by atoms with Crippen molar-refractivity contribution in [2.75, 3.05) is 13.1 Å². The van der Waals surface area contributed by atoms with Crippen LogP contribution in [0.4, 0.5) is 0 Å². The van der Waals surface area contributed by atoms with Gasteiger partial charge in [0.2, 0.25) is 0 Å². The second-order valence-corrected chi connectivity index (χ2v) is 5.84. The first-order valence-electron chi connectivity index (χ1n) is 7.94. The number of rotatable bonds is 5. The van der Waals surface area contributed by atoms with Crippen LogP contribution in [0.25, 0.3) is 0 Å². The molecule has 0 heterocycles. The lowest BCUT2D eigenvalue weighted by Gasteiger charge is -2.23. The molecule has 4 heteroatoms. The number of aryl methyl sites for hydroxylation is 1. The predicted molar refractivity (Wildman–Crippen MR) is 87.5 cm³/mol. The molecule has 0 bridgehead atoms. The number of nitrogens with one attached hydrogen (secondary N) is 2. The molecule has 3 N–H and O–H groups in total. The Hall–Kier alpha value is -1.55. The molecule has 0 amide bonds. The van der Waals surface area contributed by atoms with Gasteiger partial charge < -0.3 is 15.7 Å². The molecule has 0 aromatic heterocycles. The van der Waals surface area contributed by atoms with Crippen molar-refractivity contribution in [3.8, 4) is 0 Å². The van der Waals surface area contributed by atoms with Crippen LogP contribution >= 0.6 is 0 Å². The molecular weight excluding hydrogens is 262 g/mol. The van der Waals surface area contributed by atoms with Crippen LogP contribution in [-0.2, 0) is 12.0 Å². The van der Waals surface area contributed by atoms with Gasteiger partial charge in [-0.15, -0.1) is 0 Å². The van der Waals surface area contributed by atoms with E-state index in [1.165, 1.54) is 5.56 Å². The Morgan fingerprint density at radius 2 is 2.14 bits per heavy atom. The van der Waals surface area contributed by atoms with E-state index in [9.17, 15) is 5.11 Å². The van der Waals surface area contributed by atoms with Gasteiger partial charge in [0, 0.05) is 12.6 Å². The van der Waals surface area contributed by atoms with Gasteiger partial charge in [0.25, 0.3) is 0 Å². The van der Waals surface area contributed by atoms with Crippen molar-refractivity contribution in [3.05, 3.63) is 35.4 Å². The molecule has 1 aliphatic rings. The van der Waals surface area contributed by atoms with Gasteiger partial charge in [0.05, 0.1) is 6.54 Å². The maximum absolute atomic E-state index is 10.9. The standard InChI is InChI=1S/C17H27N3O/c1-4-13(3)20-16(18-5-2)19-12-17(21)11-10-14-8-6-7-9-15(14)17/h6-9,13,21H,4-5,10-12H2,1-3H3,(H2,18,19,20). The van der Waals surface area contributed by atoms with E-state index in [2.05, 4.69) is 35.5 Å². The summed E-state index contributed by atoms with van der Waals surface area (Å²) in [6.45, 7) is 7.54. The molecule has 0 fully saturated rings. The Labute approximate surface area is 127 Å². The smallest absolute Gasteiger partial charge is 0.191 e. The van der Waals surface area contributed by atoms with Gasteiger partial charge in [-0.25, -0.2) is 4.99 Å². The number of guanidine groups is 1. The Bertz CT molecular complexity index is 501. The summed E-state index contributed by atoms with van der Waals surface area (Å²) in [4.78, 5) is 4.60. The van der Waals surface area contributed by atoms with Crippen LogP contribution in [0.3, 0.4) is 0 Å². The molecule has 21 heavy (non-hydrogen) atoms. The zero-order valence-corrected chi connectivity index (χ0v) is 13.3. The van der Waals surface area contributed by atoms with Gasteiger partial charge >= 0.3 is 0 Å². The fraction of sp³-hybridized carbons (Fsp3) is 0.588. The number of hydrogen-bond donors (Lipinski definition) is 3. The molecule has 1 aromatic rings. The summed E-state index contributed by atoms with van der Waals surface area (Å²) in [6.07, 6.45) is 2.72. The minimum atomic E-state index is -0.825. The van der Waals surface area contributed by atoms with Gasteiger partial charge in [-0.05, 0) is 44.2 Å². The Morgan fingerprint density at radius 1 is 1.38 bits per heavy atom. The summed E-state index contributed by atoms with van der Waals surface area (Å²) >= 11 is 0. The number of hydrogen-bond acceptors (Lipinski definition) is 2. The molecule has 116 valence electrons. The Balaban J connectivity index is 2.10. The van der Waals surface area contributed by atoms with Crippen LogP contribution in [0.15, 0.2) is 29.3 Å². The number of benzene rings is 1.